The van der Waals surface area contributed by atoms with Gasteiger partial charge in [0.2, 0.25) is 0 Å². The van der Waals surface area contributed by atoms with Crippen LogP contribution in [0.4, 0.5) is 5.69 Å². The molecule has 1 aromatic rings. The zero-order chi connectivity index (χ0) is 12.4. The SMILES string of the molecule is CC1=C(C(=O)Nc2ccccc2)C(=O)CC1=O. The molecule has 2 rings (SSSR count). The predicted molar refractivity (Wildman–Crippen MR) is 62.4 cm³/mol. The predicted octanol–water partition coefficient (Wildman–Crippen LogP) is 1.48. The number of amides is 1. The zero-order valence-corrected chi connectivity index (χ0v) is 9.32. The lowest BCUT2D eigenvalue weighted by Crippen LogP contribution is -2.18. The number of carbonyl (C=O) groups is 3. The van der Waals surface area contributed by atoms with E-state index < -0.39 is 11.7 Å². The summed E-state index contributed by atoms with van der Waals surface area (Å²) in [5.41, 5.74) is 0.840. The summed E-state index contributed by atoms with van der Waals surface area (Å²) in [6.07, 6.45) is -0.191. The van der Waals surface area contributed by atoms with E-state index in [1.165, 1.54) is 6.92 Å². The molecule has 1 aliphatic rings. The molecule has 0 spiro atoms. The summed E-state index contributed by atoms with van der Waals surface area (Å²) < 4.78 is 0. The highest BCUT2D eigenvalue weighted by Gasteiger charge is 2.32. The lowest BCUT2D eigenvalue weighted by molar-refractivity contribution is -0.121. The minimum absolute atomic E-state index is 0.0150. The molecule has 0 aliphatic heterocycles. The fourth-order valence-corrected chi connectivity index (χ4v) is 1.73. The number of ketones is 2. The second kappa shape index (κ2) is 4.33. The molecule has 1 amide bonds. The van der Waals surface area contributed by atoms with Crippen molar-refractivity contribution in [3.05, 3.63) is 41.5 Å². The molecule has 0 saturated carbocycles. The van der Waals surface area contributed by atoms with Crippen LogP contribution in [0.15, 0.2) is 41.5 Å². The molecular formula is C13H11NO3. The van der Waals surface area contributed by atoms with E-state index in [4.69, 9.17) is 0 Å². The zero-order valence-electron chi connectivity index (χ0n) is 9.32. The van der Waals surface area contributed by atoms with Crippen LogP contribution < -0.4 is 5.32 Å². The number of allylic oxidation sites excluding steroid dienone is 1. The molecule has 0 saturated heterocycles. The first-order valence-corrected chi connectivity index (χ1v) is 5.23. The lowest BCUT2D eigenvalue weighted by atomic mass is 10.1. The number of para-hydroxylation sites is 1. The number of anilines is 1. The van der Waals surface area contributed by atoms with Crippen molar-refractivity contribution in [1.82, 2.24) is 0 Å². The Morgan fingerprint density at radius 3 is 2.29 bits per heavy atom. The van der Waals surface area contributed by atoms with E-state index in [-0.39, 0.29) is 23.4 Å². The molecule has 17 heavy (non-hydrogen) atoms. The first-order chi connectivity index (χ1) is 8.09. The molecule has 1 aliphatic carbocycles. The fraction of sp³-hybridized carbons (Fsp3) is 0.154. The van der Waals surface area contributed by atoms with Gasteiger partial charge in [-0.3, -0.25) is 14.4 Å². The topological polar surface area (TPSA) is 63.2 Å². The summed E-state index contributed by atoms with van der Waals surface area (Å²) in [7, 11) is 0. The number of hydrogen-bond donors (Lipinski definition) is 1. The van der Waals surface area contributed by atoms with E-state index in [0.29, 0.717) is 5.69 Å². The van der Waals surface area contributed by atoms with Gasteiger partial charge >= 0.3 is 0 Å². The molecule has 1 N–H and O–H groups in total. The Kier molecular flexibility index (Phi) is 2.87. The van der Waals surface area contributed by atoms with E-state index in [0.717, 1.165) is 0 Å². The van der Waals surface area contributed by atoms with E-state index in [1.54, 1.807) is 24.3 Å². The molecule has 0 aromatic heterocycles. The maximum Gasteiger partial charge on any atom is 0.259 e. The van der Waals surface area contributed by atoms with E-state index in [1.807, 2.05) is 6.07 Å². The van der Waals surface area contributed by atoms with E-state index in [9.17, 15) is 14.4 Å². The fourth-order valence-electron chi connectivity index (χ4n) is 1.73. The van der Waals surface area contributed by atoms with Gasteiger partial charge in [-0.25, -0.2) is 0 Å². The van der Waals surface area contributed by atoms with Gasteiger partial charge < -0.3 is 5.32 Å². The molecule has 0 bridgehead atoms. The van der Waals surface area contributed by atoms with Gasteiger partial charge in [-0.05, 0) is 19.1 Å². The maximum absolute atomic E-state index is 11.8. The number of carbonyl (C=O) groups excluding carboxylic acids is 3. The minimum Gasteiger partial charge on any atom is -0.322 e. The third kappa shape index (κ3) is 2.15. The number of rotatable bonds is 2. The van der Waals surface area contributed by atoms with Crippen LogP contribution in [0.25, 0.3) is 0 Å². The van der Waals surface area contributed by atoms with Crippen LogP contribution in [0.3, 0.4) is 0 Å². The number of hydrogen-bond acceptors (Lipinski definition) is 3. The second-order valence-electron chi connectivity index (χ2n) is 3.84. The van der Waals surface area contributed by atoms with Gasteiger partial charge in [0.1, 0.15) is 0 Å². The van der Waals surface area contributed by atoms with Crippen molar-refractivity contribution in [3.63, 3.8) is 0 Å². The van der Waals surface area contributed by atoms with Crippen LogP contribution in [0.2, 0.25) is 0 Å². The van der Waals surface area contributed by atoms with Crippen LogP contribution in [-0.2, 0) is 14.4 Å². The van der Waals surface area contributed by atoms with Crippen LogP contribution in [-0.4, -0.2) is 17.5 Å². The Morgan fingerprint density at radius 2 is 1.76 bits per heavy atom. The molecular weight excluding hydrogens is 218 g/mol. The van der Waals surface area contributed by atoms with Crippen molar-refractivity contribution in [2.75, 3.05) is 5.32 Å². The van der Waals surface area contributed by atoms with Crippen molar-refractivity contribution in [3.8, 4) is 0 Å². The molecule has 0 heterocycles. The molecule has 86 valence electrons. The Labute approximate surface area is 98.3 Å². The highest BCUT2D eigenvalue weighted by Crippen LogP contribution is 2.20. The minimum atomic E-state index is -0.510. The van der Waals surface area contributed by atoms with Gasteiger partial charge in [0.25, 0.3) is 5.91 Å². The van der Waals surface area contributed by atoms with Crippen molar-refractivity contribution in [1.29, 1.82) is 0 Å². The third-order valence-corrected chi connectivity index (χ3v) is 2.65. The number of nitrogens with one attached hydrogen (secondary N) is 1. The molecule has 1 aromatic carbocycles. The highest BCUT2D eigenvalue weighted by atomic mass is 16.2. The summed E-state index contributed by atoms with van der Waals surface area (Å²) in [4.78, 5) is 34.6. The van der Waals surface area contributed by atoms with E-state index in [2.05, 4.69) is 5.32 Å². The van der Waals surface area contributed by atoms with Gasteiger partial charge in [0.15, 0.2) is 11.6 Å². The van der Waals surface area contributed by atoms with Crippen molar-refractivity contribution in [2.24, 2.45) is 0 Å². The number of benzene rings is 1. The normalized spacial score (nSPS) is 15.4. The van der Waals surface area contributed by atoms with Crippen LogP contribution >= 0.6 is 0 Å². The number of Topliss-reactive ketones (excluding diaryl/α,β-unsaturated/α-hetero) is 2. The monoisotopic (exact) mass is 229 g/mol. The average molecular weight is 229 g/mol. The molecule has 0 radical (unpaired) electrons. The standard InChI is InChI=1S/C13H11NO3/c1-8-10(15)7-11(16)12(8)13(17)14-9-5-3-2-4-6-9/h2-6H,7H2,1H3,(H,14,17). The average Bonchev–Trinajstić information content (AvgIpc) is 2.54. The molecule has 4 nitrogen and oxygen atoms in total. The highest BCUT2D eigenvalue weighted by molar-refractivity contribution is 6.35. The van der Waals surface area contributed by atoms with Gasteiger partial charge in [0.05, 0.1) is 12.0 Å². The largest absolute Gasteiger partial charge is 0.322 e. The molecule has 0 fully saturated rings. The first-order valence-electron chi connectivity index (χ1n) is 5.23. The summed E-state index contributed by atoms with van der Waals surface area (Å²) >= 11 is 0. The van der Waals surface area contributed by atoms with Crippen molar-refractivity contribution >= 4 is 23.2 Å². The van der Waals surface area contributed by atoms with Crippen molar-refractivity contribution < 1.29 is 14.4 Å². The smallest absolute Gasteiger partial charge is 0.259 e. The van der Waals surface area contributed by atoms with Gasteiger partial charge in [0, 0.05) is 11.3 Å². The Balaban J connectivity index is 2.22. The molecule has 0 atom stereocenters. The van der Waals surface area contributed by atoms with Gasteiger partial charge in [-0.2, -0.15) is 0 Å². The first kappa shape index (κ1) is 11.3. The second-order valence-corrected chi connectivity index (χ2v) is 3.84. The summed E-state index contributed by atoms with van der Waals surface area (Å²) in [5.74, 6) is -1.18. The molecule has 0 unspecified atom stereocenters. The van der Waals surface area contributed by atoms with Gasteiger partial charge in [-0.15, -0.1) is 0 Å². The third-order valence-electron chi connectivity index (χ3n) is 2.65. The summed E-state index contributed by atoms with van der Waals surface area (Å²) in [5, 5.41) is 2.60. The summed E-state index contributed by atoms with van der Waals surface area (Å²) in [6, 6.07) is 8.81. The Hall–Kier alpha value is -2.23. The van der Waals surface area contributed by atoms with Gasteiger partial charge in [-0.1, -0.05) is 18.2 Å². The van der Waals surface area contributed by atoms with Crippen LogP contribution in [0.1, 0.15) is 13.3 Å². The summed E-state index contributed by atoms with van der Waals surface area (Å²) in [6.45, 7) is 1.51. The van der Waals surface area contributed by atoms with E-state index >= 15 is 0 Å². The Bertz CT molecular complexity index is 529. The Morgan fingerprint density at radius 1 is 1.12 bits per heavy atom. The lowest BCUT2D eigenvalue weighted by Gasteiger charge is -2.05. The van der Waals surface area contributed by atoms with Crippen LogP contribution in [0.5, 0.6) is 0 Å². The molecule has 4 heteroatoms. The maximum atomic E-state index is 11.8. The van der Waals surface area contributed by atoms with Crippen LogP contribution in [0, 0.1) is 0 Å². The quantitative estimate of drug-likeness (QED) is 0.617. The van der Waals surface area contributed by atoms with Crippen molar-refractivity contribution in [2.45, 2.75) is 13.3 Å².